The van der Waals surface area contributed by atoms with Gasteiger partial charge in [0.1, 0.15) is 15.5 Å². The van der Waals surface area contributed by atoms with Crippen LogP contribution in [-0.2, 0) is 9.53 Å². The molecule has 122 valence electrons. The van der Waals surface area contributed by atoms with E-state index in [1.54, 1.807) is 13.8 Å². The number of rotatable bonds is 5. The summed E-state index contributed by atoms with van der Waals surface area (Å²) in [6.45, 7) is 8.59. The van der Waals surface area contributed by atoms with E-state index in [-0.39, 0.29) is 10.4 Å². The van der Waals surface area contributed by atoms with Gasteiger partial charge in [-0.25, -0.2) is 9.78 Å². The number of nitrogens with one attached hydrogen (secondary N) is 2. The zero-order valence-corrected chi connectivity index (χ0v) is 13.9. The lowest BCUT2D eigenvalue weighted by Crippen LogP contribution is -2.35. The van der Waals surface area contributed by atoms with Crippen molar-refractivity contribution in [3.63, 3.8) is 0 Å². The van der Waals surface area contributed by atoms with Crippen LogP contribution in [-0.4, -0.2) is 34.5 Å². The fourth-order valence-electron chi connectivity index (χ4n) is 2.03. The predicted molar refractivity (Wildman–Crippen MR) is 87.8 cm³/mol. The van der Waals surface area contributed by atoms with Crippen LogP contribution in [0.4, 0.5) is 0 Å². The molecule has 23 heavy (non-hydrogen) atoms. The molecule has 2 rings (SSSR count). The number of hydrogen-bond donors (Lipinski definition) is 2. The minimum atomic E-state index is -0.944. The first-order valence-electron chi connectivity index (χ1n) is 6.94. The Morgan fingerprint density at radius 1 is 1.48 bits per heavy atom. The molecule has 1 atom stereocenters. The van der Waals surface area contributed by atoms with Crippen LogP contribution in [0.15, 0.2) is 17.4 Å². The molecule has 0 saturated heterocycles. The van der Waals surface area contributed by atoms with Crippen LogP contribution in [0.5, 0.6) is 0 Å². The summed E-state index contributed by atoms with van der Waals surface area (Å²) in [5, 5.41) is 2.92. The number of carbonyl (C=O) groups excluding carboxylic acids is 2. The van der Waals surface area contributed by atoms with Gasteiger partial charge >= 0.3 is 5.97 Å². The number of H-pyrrole nitrogens is 1. The monoisotopic (exact) mass is 335 g/mol. The molecule has 0 aliphatic heterocycles. The zero-order valence-electron chi connectivity index (χ0n) is 13.1. The molecule has 0 fully saturated rings. The van der Waals surface area contributed by atoms with Gasteiger partial charge in [0.15, 0.2) is 6.10 Å². The van der Waals surface area contributed by atoms with Gasteiger partial charge in [-0.05, 0) is 26.3 Å². The highest BCUT2D eigenvalue weighted by Crippen LogP contribution is 2.27. The van der Waals surface area contributed by atoms with Gasteiger partial charge in [-0.2, -0.15) is 0 Å². The highest BCUT2D eigenvalue weighted by atomic mass is 32.1. The molecule has 7 nitrogen and oxygen atoms in total. The van der Waals surface area contributed by atoms with Gasteiger partial charge < -0.3 is 15.0 Å². The van der Waals surface area contributed by atoms with Crippen molar-refractivity contribution < 1.29 is 14.3 Å². The van der Waals surface area contributed by atoms with Gasteiger partial charge in [0.2, 0.25) is 0 Å². The number of aryl methyl sites for hydroxylation is 2. The van der Waals surface area contributed by atoms with Crippen LogP contribution in [0.25, 0.3) is 10.2 Å². The van der Waals surface area contributed by atoms with Crippen molar-refractivity contribution in [2.24, 2.45) is 0 Å². The lowest BCUT2D eigenvalue weighted by Gasteiger charge is -2.12. The van der Waals surface area contributed by atoms with Crippen molar-refractivity contribution in [2.75, 3.05) is 6.54 Å². The number of hydrogen-bond acceptors (Lipinski definition) is 6. The molecular formula is C15H17N3O4S. The molecule has 2 aromatic rings. The minimum absolute atomic E-state index is 0.270. The van der Waals surface area contributed by atoms with Gasteiger partial charge in [-0.1, -0.05) is 6.08 Å². The lowest BCUT2D eigenvalue weighted by molar-refractivity contribution is -0.128. The van der Waals surface area contributed by atoms with E-state index in [1.165, 1.54) is 13.0 Å². The summed E-state index contributed by atoms with van der Waals surface area (Å²) in [4.78, 5) is 43.5. The molecule has 0 aromatic carbocycles. The summed E-state index contributed by atoms with van der Waals surface area (Å²) < 4.78 is 5.16. The van der Waals surface area contributed by atoms with Gasteiger partial charge in [-0.3, -0.25) is 9.59 Å². The largest absolute Gasteiger partial charge is 0.448 e. The zero-order chi connectivity index (χ0) is 17.1. The fourth-order valence-corrected chi connectivity index (χ4v) is 3.14. The quantitative estimate of drug-likeness (QED) is 0.636. The topological polar surface area (TPSA) is 101 Å². The van der Waals surface area contributed by atoms with Crippen molar-refractivity contribution in [3.8, 4) is 0 Å². The number of aromatic nitrogens is 2. The molecule has 0 spiro atoms. The highest BCUT2D eigenvalue weighted by Gasteiger charge is 2.24. The Labute approximate surface area is 136 Å². The number of carbonyl (C=O) groups is 2. The number of aromatic amines is 1. The maximum atomic E-state index is 12.3. The lowest BCUT2D eigenvalue weighted by atomic mass is 10.2. The number of ether oxygens (including phenoxy) is 1. The van der Waals surface area contributed by atoms with Gasteiger partial charge in [0.25, 0.3) is 11.5 Å². The molecular weight excluding hydrogens is 318 g/mol. The van der Waals surface area contributed by atoms with E-state index in [0.29, 0.717) is 28.1 Å². The normalized spacial score (nSPS) is 12.0. The van der Waals surface area contributed by atoms with Gasteiger partial charge in [0.05, 0.1) is 5.39 Å². The molecule has 1 amide bonds. The van der Waals surface area contributed by atoms with Crippen molar-refractivity contribution in [1.82, 2.24) is 15.3 Å². The second-order valence-corrected chi connectivity index (χ2v) is 5.97. The second kappa shape index (κ2) is 6.74. The summed E-state index contributed by atoms with van der Waals surface area (Å²) >= 11 is 1.08. The van der Waals surface area contributed by atoms with E-state index >= 15 is 0 Å². The van der Waals surface area contributed by atoms with Crippen LogP contribution in [0, 0.1) is 13.8 Å². The van der Waals surface area contributed by atoms with Gasteiger partial charge in [0, 0.05) is 6.54 Å². The summed E-state index contributed by atoms with van der Waals surface area (Å²) in [6, 6.07) is 0. The van der Waals surface area contributed by atoms with E-state index in [4.69, 9.17) is 4.74 Å². The molecule has 0 bridgehead atoms. The highest BCUT2D eigenvalue weighted by molar-refractivity contribution is 7.20. The minimum Gasteiger partial charge on any atom is -0.448 e. The average Bonchev–Trinajstić information content (AvgIpc) is 2.81. The second-order valence-electron chi connectivity index (χ2n) is 4.97. The Balaban J connectivity index is 2.26. The van der Waals surface area contributed by atoms with Crippen molar-refractivity contribution in [3.05, 3.63) is 39.3 Å². The smallest absolute Gasteiger partial charge is 0.349 e. The summed E-state index contributed by atoms with van der Waals surface area (Å²) in [6.07, 6.45) is 0.586. The third-order valence-electron chi connectivity index (χ3n) is 3.18. The maximum Gasteiger partial charge on any atom is 0.349 e. The maximum absolute atomic E-state index is 12.3. The molecule has 2 heterocycles. The third kappa shape index (κ3) is 3.48. The fraction of sp³-hybridized carbons (Fsp3) is 0.333. The molecule has 8 heteroatoms. The van der Waals surface area contributed by atoms with Gasteiger partial charge in [-0.15, -0.1) is 17.9 Å². The van der Waals surface area contributed by atoms with E-state index in [2.05, 4.69) is 21.9 Å². The Morgan fingerprint density at radius 2 is 2.17 bits per heavy atom. The first kappa shape index (κ1) is 16.9. The van der Waals surface area contributed by atoms with E-state index < -0.39 is 18.0 Å². The van der Waals surface area contributed by atoms with Crippen LogP contribution in [0.1, 0.15) is 28.0 Å². The van der Waals surface area contributed by atoms with Crippen LogP contribution < -0.4 is 10.9 Å². The first-order valence-corrected chi connectivity index (χ1v) is 7.76. The van der Waals surface area contributed by atoms with Crippen LogP contribution >= 0.6 is 11.3 Å². The number of esters is 1. The van der Waals surface area contributed by atoms with E-state index in [0.717, 1.165) is 11.3 Å². The standard InChI is InChI=1S/C15H17N3O4S/c1-5-6-16-12(19)8(3)22-15(21)11-7(2)10-13(20)17-9(4)18-14(10)23-11/h5,8H,1,6H2,2-4H3,(H,16,19)(H,17,18,20)/t8-/m1/s1. The number of amides is 1. The molecule has 2 aromatic heterocycles. The van der Waals surface area contributed by atoms with E-state index in [1.807, 2.05) is 0 Å². The Kier molecular flexibility index (Phi) is 4.95. The van der Waals surface area contributed by atoms with Crippen molar-refractivity contribution in [2.45, 2.75) is 26.9 Å². The first-order chi connectivity index (χ1) is 10.8. The SMILES string of the molecule is C=CCNC(=O)[C@@H](C)OC(=O)c1sc2nc(C)[nH]c(=O)c2c1C. The average molecular weight is 335 g/mol. The Morgan fingerprint density at radius 3 is 2.83 bits per heavy atom. The molecule has 0 radical (unpaired) electrons. The van der Waals surface area contributed by atoms with Crippen molar-refractivity contribution >= 4 is 33.4 Å². The molecule has 0 aliphatic carbocycles. The number of thiophene rings is 1. The third-order valence-corrected chi connectivity index (χ3v) is 4.34. The molecule has 2 N–H and O–H groups in total. The molecule has 0 unspecified atom stereocenters. The molecule has 0 aliphatic rings. The van der Waals surface area contributed by atoms with Crippen molar-refractivity contribution in [1.29, 1.82) is 0 Å². The van der Waals surface area contributed by atoms with Crippen LogP contribution in [0.2, 0.25) is 0 Å². The summed E-state index contributed by atoms with van der Waals surface area (Å²) in [5.74, 6) is -0.589. The molecule has 0 saturated carbocycles. The number of fused-ring (bicyclic) bond motifs is 1. The Bertz CT molecular complexity index is 837. The van der Waals surface area contributed by atoms with Crippen LogP contribution in [0.3, 0.4) is 0 Å². The predicted octanol–water partition coefficient (Wildman–Crippen LogP) is 1.45. The van der Waals surface area contributed by atoms with E-state index in [9.17, 15) is 14.4 Å². The summed E-state index contributed by atoms with van der Waals surface area (Å²) in [7, 11) is 0. The number of nitrogens with zero attached hydrogens (tertiary/aromatic N) is 1. The Hall–Kier alpha value is -2.48. The summed E-state index contributed by atoms with van der Waals surface area (Å²) in [5.41, 5.74) is 0.208.